The molecule has 1 aromatic heterocycles. The Morgan fingerprint density at radius 2 is 2.38 bits per heavy atom. The largest absolute Gasteiger partial charge is 0.403 e. The Balaban J connectivity index is 3.05. The summed E-state index contributed by atoms with van der Waals surface area (Å²) in [6, 6.07) is 1.68. The van der Waals surface area contributed by atoms with Crippen LogP contribution < -0.4 is 0 Å². The van der Waals surface area contributed by atoms with E-state index in [1.807, 2.05) is 0 Å². The molecule has 1 heterocycles. The van der Waals surface area contributed by atoms with E-state index in [2.05, 4.69) is 30.5 Å². The number of nitriles is 1. The van der Waals surface area contributed by atoms with Crippen LogP contribution in [-0.2, 0) is 0 Å². The molecule has 1 rings (SSSR count). The number of rotatable bonds is 0. The molecule has 0 fully saturated rings. The molecule has 0 amide bonds. The smallest absolute Gasteiger partial charge is 0.321 e. The Morgan fingerprint density at radius 1 is 1.62 bits per heavy atom. The maximum Gasteiger partial charge on any atom is 0.321 e. The summed E-state index contributed by atoms with van der Waals surface area (Å²) in [4.78, 5) is 0.231. The van der Waals surface area contributed by atoms with E-state index < -0.39 is 0 Å². The molecule has 0 spiro atoms. The zero-order valence-corrected chi connectivity index (χ0v) is 5.21. The summed E-state index contributed by atoms with van der Waals surface area (Å²) in [6.07, 6.45) is 0. The van der Waals surface area contributed by atoms with Gasteiger partial charge in [0, 0.05) is 15.9 Å². The molecule has 5 heteroatoms. The second-order valence-corrected chi connectivity index (χ2v) is 1.65. The highest BCUT2D eigenvalue weighted by Crippen LogP contribution is 2.04. The monoisotopic (exact) mass is 173 g/mol. The zero-order valence-electron chi connectivity index (χ0n) is 3.63. The van der Waals surface area contributed by atoms with Crippen molar-refractivity contribution in [1.29, 1.82) is 5.26 Å². The van der Waals surface area contributed by atoms with Gasteiger partial charge < -0.3 is 4.42 Å². The van der Waals surface area contributed by atoms with Gasteiger partial charge in [-0.25, -0.2) is 0 Å². The van der Waals surface area contributed by atoms with E-state index in [4.69, 9.17) is 5.26 Å². The lowest BCUT2D eigenvalue weighted by Gasteiger charge is -1.65. The highest BCUT2D eigenvalue weighted by Gasteiger charge is 1.97. The first-order chi connectivity index (χ1) is 3.83. The van der Waals surface area contributed by atoms with Crippen molar-refractivity contribution in [2.24, 2.45) is 0 Å². The second kappa shape index (κ2) is 1.92. The molecule has 0 atom stereocenters. The van der Waals surface area contributed by atoms with Gasteiger partial charge in [-0.3, -0.25) is 0 Å². The van der Waals surface area contributed by atoms with Crippen molar-refractivity contribution in [3.05, 3.63) is 10.7 Å². The fraction of sp³-hybridized carbons (Fsp3) is 0. The quantitative estimate of drug-likeness (QED) is 0.580. The van der Waals surface area contributed by atoms with Crippen molar-refractivity contribution in [3.63, 3.8) is 0 Å². The Kier molecular flexibility index (Phi) is 1.26. The lowest BCUT2D eigenvalue weighted by atomic mass is 10.8. The lowest BCUT2D eigenvalue weighted by molar-refractivity contribution is 0.512. The van der Waals surface area contributed by atoms with Gasteiger partial charge in [0.25, 0.3) is 4.80 Å². The highest BCUT2D eigenvalue weighted by atomic mass is 79.9. The van der Waals surface area contributed by atoms with Crippen molar-refractivity contribution in [1.82, 2.24) is 10.2 Å². The van der Waals surface area contributed by atoms with E-state index in [0.29, 0.717) is 0 Å². The molecule has 0 aliphatic rings. The van der Waals surface area contributed by atoms with Crippen LogP contribution in [0, 0.1) is 11.3 Å². The number of hydrogen-bond donors (Lipinski definition) is 0. The van der Waals surface area contributed by atoms with Gasteiger partial charge in [0.1, 0.15) is 0 Å². The molecule has 0 unspecified atom stereocenters. The van der Waals surface area contributed by atoms with Gasteiger partial charge in [-0.2, -0.15) is 5.26 Å². The summed E-state index contributed by atoms with van der Waals surface area (Å²) in [5.41, 5.74) is 0. The minimum absolute atomic E-state index is 0.0307. The molecular weight excluding hydrogens is 174 g/mol. The van der Waals surface area contributed by atoms with Crippen LogP contribution in [0.2, 0.25) is 0 Å². The van der Waals surface area contributed by atoms with Crippen LogP contribution in [0.25, 0.3) is 0 Å². The Hall–Kier alpha value is -0.890. The number of nitrogens with zero attached hydrogens (tertiary/aromatic N) is 3. The van der Waals surface area contributed by atoms with E-state index in [1.165, 1.54) is 0 Å². The summed E-state index contributed by atoms with van der Waals surface area (Å²) in [5.74, 6) is -0.0307. The average Bonchev–Trinajstić information content (AvgIpc) is 2.14. The van der Waals surface area contributed by atoms with Crippen molar-refractivity contribution < 1.29 is 4.42 Å². The zero-order chi connectivity index (χ0) is 5.98. The molecule has 8 heavy (non-hydrogen) atoms. The standard InChI is InChI=1S/C3BrN3O/c4-3-7-6-2(1-5)8-3. The van der Waals surface area contributed by atoms with Crippen LogP contribution in [0.1, 0.15) is 5.89 Å². The molecule has 4 nitrogen and oxygen atoms in total. The van der Waals surface area contributed by atoms with Gasteiger partial charge in [-0.15, -0.1) is 0 Å². The average molecular weight is 174 g/mol. The lowest BCUT2D eigenvalue weighted by Crippen LogP contribution is -1.69. The molecular formula is C3BrN3O. The van der Waals surface area contributed by atoms with Crippen LogP contribution in [-0.4, -0.2) is 10.2 Å². The first-order valence-electron chi connectivity index (χ1n) is 1.72. The van der Waals surface area contributed by atoms with Gasteiger partial charge >= 0.3 is 5.89 Å². The predicted octanol–water partition coefficient (Wildman–Crippen LogP) is 0.704. The Labute approximate surface area is 53.3 Å². The van der Waals surface area contributed by atoms with Crippen LogP contribution in [0.3, 0.4) is 0 Å². The van der Waals surface area contributed by atoms with E-state index in [1.54, 1.807) is 6.07 Å². The molecule has 0 radical (unpaired) electrons. The van der Waals surface area contributed by atoms with E-state index >= 15 is 0 Å². The second-order valence-electron chi connectivity index (χ2n) is 0.972. The first-order valence-corrected chi connectivity index (χ1v) is 2.51. The van der Waals surface area contributed by atoms with Crippen molar-refractivity contribution in [3.8, 4) is 6.07 Å². The molecule has 0 N–H and O–H groups in total. The highest BCUT2D eigenvalue weighted by molar-refractivity contribution is 9.10. The third kappa shape index (κ3) is 0.845. The van der Waals surface area contributed by atoms with Crippen molar-refractivity contribution in [2.45, 2.75) is 0 Å². The van der Waals surface area contributed by atoms with Gasteiger partial charge in [-0.1, -0.05) is 10.2 Å². The summed E-state index contributed by atoms with van der Waals surface area (Å²) < 4.78 is 4.57. The maximum atomic E-state index is 8.08. The van der Waals surface area contributed by atoms with Crippen LogP contribution in [0.4, 0.5) is 0 Å². The van der Waals surface area contributed by atoms with Gasteiger partial charge in [0.05, 0.1) is 0 Å². The summed E-state index contributed by atoms with van der Waals surface area (Å²) >= 11 is 2.88. The third-order valence-corrected chi connectivity index (χ3v) is 0.816. The normalized spacial score (nSPS) is 8.50. The van der Waals surface area contributed by atoms with Gasteiger partial charge in [0.2, 0.25) is 0 Å². The number of aromatic nitrogens is 2. The van der Waals surface area contributed by atoms with Crippen molar-refractivity contribution in [2.75, 3.05) is 0 Å². The molecule has 0 aliphatic carbocycles. The fourth-order valence-corrected chi connectivity index (χ4v) is 0.483. The Morgan fingerprint density at radius 3 is 2.62 bits per heavy atom. The van der Waals surface area contributed by atoms with E-state index in [-0.39, 0.29) is 10.7 Å². The minimum Gasteiger partial charge on any atom is -0.403 e. The van der Waals surface area contributed by atoms with Gasteiger partial charge in [-0.05, 0) is 0 Å². The number of hydrogen-bond acceptors (Lipinski definition) is 4. The van der Waals surface area contributed by atoms with E-state index in [0.717, 1.165) is 0 Å². The molecule has 0 aliphatic heterocycles. The first kappa shape index (κ1) is 5.25. The topological polar surface area (TPSA) is 62.7 Å². The predicted molar refractivity (Wildman–Crippen MR) is 26.7 cm³/mol. The van der Waals surface area contributed by atoms with Gasteiger partial charge in [0.15, 0.2) is 6.07 Å². The SMILES string of the molecule is N#Cc1nnc(Br)o1. The molecule has 0 saturated heterocycles. The minimum atomic E-state index is -0.0307. The fourth-order valence-electron chi connectivity index (χ4n) is 0.251. The van der Waals surface area contributed by atoms with Crippen LogP contribution >= 0.6 is 15.9 Å². The van der Waals surface area contributed by atoms with Crippen LogP contribution in [0.15, 0.2) is 9.22 Å². The Bertz CT molecular complexity index is 225. The number of halogens is 1. The van der Waals surface area contributed by atoms with Crippen LogP contribution in [0.5, 0.6) is 0 Å². The molecule has 0 saturated carbocycles. The summed E-state index contributed by atoms with van der Waals surface area (Å²) in [6.45, 7) is 0. The van der Waals surface area contributed by atoms with E-state index in [9.17, 15) is 0 Å². The molecule has 40 valence electrons. The summed E-state index contributed by atoms with van der Waals surface area (Å²) in [5, 5.41) is 14.8. The maximum absolute atomic E-state index is 8.08. The third-order valence-electron chi connectivity index (χ3n) is 0.496. The van der Waals surface area contributed by atoms with Crippen molar-refractivity contribution >= 4 is 15.9 Å². The summed E-state index contributed by atoms with van der Waals surface area (Å²) in [7, 11) is 0. The molecule has 1 aromatic rings. The molecule has 0 bridgehead atoms. The molecule has 0 aromatic carbocycles.